The summed E-state index contributed by atoms with van der Waals surface area (Å²) in [6.45, 7) is 14.1. The minimum absolute atomic E-state index is 0.00566. The number of nitrogens with zero attached hydrogens (tertiary/aromatic N) is 3. The van der Waals surface area contributed by atoms with Crippen LogP contribution in [0, 0.1) is 11.3 Å². The van der Waals surface area contributed by atoms with E-state index >= 15 is 0 Å². The zero-order valence-electron chi connectivity index (χ0n) is 26.0. The molecule has 0 amide bonds. The van der Waals surface area contributed by atoms with E-state index in [4.69, 9.17) is 14.9 Å². The molecule has 1 unspecified atom stereocenters. The highest BCUT2D eigenvalue weighted by atomic mass is 16.6. The Morgan fingerprint density at radius 2 is 1.95 bits per heavy atom. The summed E-state index contributed by atoms with van der Waals surface area (Å²) in [5, 5.41) is 12.2. The number of aliphatic imine (C=N–C) groups is 1. The maximum Gasteiger partial charge on any atom is 0.306 e. The van der Waals surface area contributed by atoms with Gasteiger partial charge in [-0.2, -0.15) is 5.10 Å². The number of carbonyl (C=O) groups excluding carboxylic acids is 2. The molecule has 1 aromatic carbocycles. The molecule has 0 aliphatic rings. The number of esters is 1. The average Bonchev–Trinajstić information content (AvgIpc) is 3.38. The fourth-order valence-electron chi connectivity index (χ4n) is 3.94. The zero-order chi connectivity index (χ0) is 31.1. The first kappa shape index (κ1) is 34.1. The highest BCUT2D eigenvalue weighted by molar-refractivity contribution is 6.09. The van der Waals surface area contributed by atoms with Crippen molar-refractivity contribution in [2.45, 2.75) is 78.7 Å². The van der Waals surface area contributed by atoms with Gasteiger partial charge in [-0.1, -0.05) is 38.6 Å². The summed E-state index contributed by atoms with van der Waals surface area (Å²) < 4.78 is 12.9. The van der Waals surface area contributed by atoms with E-state index in [1.165, 1.54) is 12.2 Å². The van der Waals surface area contributed by atoms with Crippen LogP contribution >= 0.6 is 0 Å². The van der Waals surface area contributed by atoms with Crippen LogP contribution in [0.25, 0.3) is 5.70 Å². The van der Waals surface area contributed by atoms with Gasteiger partial charge in [-0.15, -0.1) is 0 Å². The number of ketones is 1. The van der Waals surface area contributed by atoms with Crippen molar-refractivity contribution in [3.63, 3.8) is 0 Å². The number of carbonyl (C=O) groups is 2. The maximum absolute atomic E-state index is 12.6. The van der Waals surface area contributed by atoms with Gasteiger partial charge < -0.3 is 14.9 Å². The lowest BCUT2D eigenvalue weighted by molar-refractivity contribution is -0.154. The summed E-state index contributed by atoms with van der Waals surface area (Å²) in [4.78, 5) is 29.0. The van der Waals surface area contributed by atoms with Gasteiger partial charge in [0.1, 0.15) is 11.4 Å². The van der Waals surface area contributed by atoms with E-state index in [0.29, 0.717) is 42.9 Å². The standard InChI is InChI=1S/C34H46N4O4/c1-8-12-30(41-20-10-9-15-33(40)42-34(4,5)6)23-36-26(3)28-14-11-13-27(21-28)17-16-25(2)32(39)19-18-31(35)29-22-37-38(7)24-29/h11-14,18-19,21-25,35H,3,8-10,15-17,20H2,1-2,4-7H3/b19-18?,30-12+,35-31?,36-23?. The van der Waals surface area contributed by atoms with Crippen LogP contribution in [0.1, 0.15) is 83.4 Å². The molecule has 0 bridgehead atoms. The van der Waals surface area contributed by atoms with E-state index < -0.39 is 5.60 Å². The third-order valence-electron chi connectivity index (χ3n) is 6.26. The topological polar surface area (TPSA) is 107 Å². The van der Waals surface area contributed by atoms with Crippen molar-refractivity contribution in [2.75, 3.05) is 6.61 Å². The molecule has 1 aromatic heterocycles. The molecule has 0 aliphatic carbocycles. The largest absolute Gasteiger partial charge is 0.492 e. The number of allylic oxidation sites excluding steroid dienone is 4. The second kappa shape index (κ2) is 17.0. The average molecular weight is 575 g/mol. The van der Waals surface area contributed by atoms with E-state index in [1.54, 1.807) is 30.3 Å². The number of nitrogens with one attached hydrogen (secondary N) is 1. The van der Waals surface area contributed by atoms with Gasteiger partial charge >= 0.3 is 5.97 Å². The van der Waals surface area contributed by atoms with Crippen molar-refractivity contribution in [2.24, 2.45) is 18.0 Å². The third-order valence-corrected chi connectivity index (χ3v) is 6.26. The molecular weight excluding hydrogens is 528 g/mol. The Kier molecular flexibility index (Phi) is 13.8. The SMILES string of the molecule is C=C(N=C/C(=C\CC)OCCCCC(=O)OC(C)(C)C)c1cccc(CCC(C)C(=O)C=CC(=N)c2cnn(C)c2)c1. The number of aromatic nitrogens is 2. The molecule has 226 valence electrons. The van der Waals surface area contributed by atoms with E-state index in [-0.39, 0.29) is 23.4 Å². The number of rotatable bonds is 17. The quantitative estimate of drug-likeness (QED) is 0.0717. The Hall–Kier alpha value is -4.07. The van der Waals surface area contributed by atoms with Gasteiger partial charge in [-0.25, -0.2) is 0 Å². The summed E-state index contributed by atoms with van der Waals surface area (Å²) in [5.41, 5.74) is 3.09. The lowest BCUT2D eigenvalue weighted by atomic mass is 9.95. The van der Waals surface area contributed by atoms with Crippen LogP contribution in [-0.4, -0.2) is 45.7 Å². The minimum Gasteiger partial charge on any atom is -0.492 e. The molecule has 0 fully saturated rings. The number of unbranched alkanes of at least 4 members (excludes halogenated alkanes) is 1. The molecule has 1 heterocycles. The van der Waals surface area contributed by atoms with E-state index in [2.05, 4.69) is 16.7 Å². The molecule has 8 heteroatoms. The number of aryl methyl sites for hydroxylation is 2. The van der Waals surface area contributed by atoms with E-state index in [1.807, 2.05) is 65.0 Å². The van der Waals surface area contributed by atoms with E-state index in [0.717, 1.165) is 30.4 Å². The predicted octanol–water partition coefficient (Wildman–Crippen LogP) is 7.05. The lowest BCUT2D eigenvalue weighted by Crippen LogP contribution is -2.23. The highest BCUT2D eigenvalue weighted by Crippen LogP contribution is 2.19. The van der Waals surface area contributed by atoms with Crippen LogP contribution in [0.4, 0.5) is 0 Å². The van der Waals surface area contributed by atoms with Gasteiger partial charge in [0.2, 0.25) is 0 Å². The molecule has 1 N–H and O–H groups in total. The summed E-state index contributed by atoms with van der Waals surface area (Å²) in [6.07, 6.45) is 14.0. The molecule has 42 heavy (non-hydrogen) atoms. The number of hydrogen-bond acceptors (Lipinski definition) is 7. The van der Waals surface area contributed by atoms with Crippen molar-refractivity contribution in [3.05, 3.63) is 83.9 Å². The van der Waals surface area contributed by atoms with Crippen molar-refractivity contribution in [1.29, 1.82) is 5.41 Å². The Morgan fingerprint density at radius 3 is 2.62 bits per heavy atom. The molecule has 2 aromatic rings. The van der Waals surface area contributed by atoms with Gasteiger partial charge in [0, 0.05) is 31.1 Å². The fourth-order valence-corrected chi connectivity index (χ4v) is 3.94. The molecule has 1 atom stereocenters. The molecule has 8 nitrogen and oxygen atoms in total. The number of benzene rings is 1. The van der Waals surface area contributed by atoms with Crippen LogP contribution < -0.4 is 0 Å². The minimum atomic E-state index is -0.467. The molecule has 0 radical (unpaired) electrons. The summed E-state index contributed by atoms with van der Waals surface area (Å²) >= 11 is 0. The van der Waals surface area contributed by atoms with Crippen molar-refractivity contribution < 1.29 is 19.1 Å². The van der Waals surface area contributed by atoms with Crippen molar-refractivity contribution in [1.82, 2.24) is 9.78 Å². The first-order chi connectivity index (χ1) is 19.9. The first-order valence-electron chi connectivity index (χ1n) is 14.5. The van der Waals surface area contributed by atoms with Crippen molar-refractivity contribution in [3.8, 4) is 0 Å². The molecular formula is C34H46N4O4. The zero-order valence-corrected chi connectivity index (χ0v) is 26.0. The predicted molar refractivity (Wildman–Crippen MR) is 170 cm³/mol. The molecule has 0 aliphatic heterocycles. The Balaban J connectivity index is 1.84. The normalized spacial score (nSPS) is 13.0. The monoisotopic (exact) mass is 574 g/mol. The molecule has 0 saturated heterocycles. The summed E-state index contributed by atoms with van der Waals surface area (Å²) in [6, 6.07) is 8.02. The van der Waals surface area contributed by atoms with Gasteiger partial charge in [-0.05, 0) is 88.3 Å². The van der Waals surface area contributed by atoms with E-state index in [9.17, 15) is 9.59 Å². The van der Waals surface area contributed by atoms with Crippen LogP contribution in [0.2, 0.25) is 0 Å². The third kappa shape index (κ3) is 13.1. The fraction of sp³-hybridized carbons (Fsp3) is 0.441. The number of hydrogen-bond donors (Lipinski definition) is 1. The molecule has 0 spiro atoms. The van der Waals surface area contributed by atoms with Crippen molar-refractivity contribution >= 4 is 29.4 Å². The maximum atomic E-state index is 12.6. The second-order valence-corrected chi connectivity index (χ2v) is 11.3. The molecule has 0 saturated carbocycles. The first-order valence-corrected chi connectivity index (χ1v) is 14.5. The van der Waals surface area contributed by atoms with Gasteiger partial charge in [-0.3, -0.25) is 19.3 Å². The summed E-state index contributed by atoms with van der Waals surface area (Å²) in [5.74, 6) is 0.303. The highest BCUT2D eigenvalue weighted by Gasteiger charge is 2.15. The Morgan fingerprint density at radius 1 is 1.19 bits per heavy atom. The molecule has 2 rings (SSSR count). The van der Waals surface area contributed by atoms with Crippen LogP contribution in [0.5, 0.6) is 0 Å². The van der Waals surface area contributed by atoms with Crippen LogP contribution in [-0.2, 0) is 32.5 Å². The van der Waals surface area contributed by atoms with Gasteiger partial charge in [0.15, 0.2) is 5.78 Å². The Labute approximate surface area is 250 Å². The summed E-state index contributed by atoms with van der Waals surface area (Å²) in [7, 11) is 1.79. The Bertz CT molecular complexity index is 1310. The smallest absolute Gasteiger partial charge is 0.306 e. The van der Waals surface area contributed by atoms with Gasteiger partial charge in [0.25, 0.3) is 0 Å². The van der Waals surface area contributed by atoms with Crippen LogP contribution in [0.15, 0.2) is 72.2 Å². The van der Waals surface area contributed by atoms with Crippen LogP contribution in [0.3, 0.4) is 0 Å². The lowest BCUT2D eigenvalue weighted by Gasteiger charge is -2.19. The number of ether oxygens (including phenoxy) is 2. The van der Waals surface area contributed by atoms with Gasteiger partial charge in [0.05, 0.1) is 30.4 Å². The second-order valence-electron chi connectivity index (χ2n) is 11.3.